The lowest BCUT2D eigenvalue weighted by atomic mass is 9.91. The summed E-state index contributed by atoms with van der Waals surface area (Å²) in [6.07, 6.45) is 5.73. The number of rotatable bonds is 14. The summed E-state index contributed by atoms with van der Waals surface area (Å²) in [6, 6.07) is 3.53. The van der Waals surface area contributed by atoms with Crippen molar-refractivity contribution in [1.82, 2.24) is 0 Å². The topological polar surface area (TPSA) is 18.5 Å². The molecule has 3 atom stereocenters. The Morgan fingerprint density at radius 1 is 1.07 bits per heavy atom. The molecule has 0 fully saturated rings. The quantitative estimate of drug-likeness (QED) is 0.100. The third-order valence-corrected chi connectivity index (χ3v) is 10.2. The smallest absolute Gasteiger partial charge is 0.192 e. The van der Waals surface area contributed by atoms with E-state index in [0.717, 1.165) is 24.0 Å². The number of allylic oxidation sites excluding steroid dienone is 2. The molecule has 0 radical (unpaired) electrons. The molecule has 27 heavy (non-hydrogen) atoms. The Morgan fingerprint density at radius 2 is 1.63 bits per heavy atom. The van der Waals surface area contributed by atoms with Crippen LogP contribution in [0.25, 0.3) is 0 Å². The van der Waals surface area contributed by atoms with Crippen LogP contribution in [0.15, 0.2) is 54.5 Å². The van der Waals surface area contributed by atoms with Crippen molar-refractivity contribution in [1.29, 1.82) is 0 Å². The van der Waals surface area contributed by atoms with Crippen LogP contribution in [0.5, 0.6) is 0 Å². The lowest BCUT2D eigenvalue weighted by Gasteiger charge is -2.33. The monoisotopic (exact) mass is 390 g/mol. The molecular weight excluding hydrogens is 348 g/mol. The van der Waals surface area contributed by atoms with E-state index in [0.29, 0.717) is 0 Å². The molecule has 0 bridgehead atoms. The highest BCUT2D eigenvalue weighted by Crippen LogP contribution is 2.28. The Kier molecular flexibility index (Phi) is 12.4. The molecule has 0 aliphatic heterocycles. The second-order valence-corrected chi connectivity index (χ2v) is 12.4. The molecule has 0 aromatic carbocycles. The summed E-state index contributed by atoms with van der Waals surface area (Å²) in [5.74, 6) is 0.278. The normalized spacial score (nSPS) is 15.4. The first-order chi connectivity index (χ1) is 12.7. The summed E-state index contributed by atoms with van der Waals surface area (Å²) in [4.78, 5) is 0. The fraction of sp³-hybridized carbons (Fsp3) is 0.625. The first kappa shape index (κ1) is 25.7. The second-order valence-electron chi connectivity index (χ2n) is 7.71. The van der Waals surface area contributed by atoms with Gasteiger partial charge in [-0.2, -0.15) is 0 Å². The molecule has 2 nitrogen and oxygen atoms in total. The van der Waals surface area contributed by atoms with Gasteiger partial charge in [-0.1, -0.05) is 71.7 Å². The van der Waals surface area contributed by atoms with Crippen molar-refractivity contribution in [3.63, 3.8) is 0 Å². The standard InChI is InChI=1S/C24H42O2Si/c1-11-16-25-24(19(6)7)22(10)18-20(8)17-21(9)23(12-2)26-27(13-3,14-4)15-5/h16-17,22-24H,1,6,8,12-15,18H2,2-5,7,9-10H3/b21-17+/t22-,23-,24?/m0/s1. The molecule has 0 amide bonds. The molecule has 1 unspecified atom stereocenters. The molecule has 0 N–H and O–H groups in total. The Bertz CT molecular complexity index is 542. The Balaban J connectivity index is 5.16. The van der Waals surface area contributed by atoms with Gasteiger partial charge in [-0.15, -0.1) is 0 Å². The van der Waals surface area contributed by atoms with E-state index in [9.17, 15) is 0 Å². The summed E-state index contributed by atoms with van der Waals surface area (Å²) in [5, 5.41) is 0. The molecule has 0 aliphatic carbocycles. The lowest BCUT2D eigenvalue weighted by Crippen LogP contribution is -2.40. The molecule has 0 spiro atoms. The van der Waals surface area contributed by atoms with E-state index in [4.69, 9.17) is 9.16 Å². The molecule has 0 saturated carbocycles. The van der Waals surface area contributed by atoms with Crippen molar-refractivity contribution >= 4 is 8.32 Å². The highest BCUT2D eigenvalue weighted by Gasteiger charge is 2.32. The van der Waals surface area contributed by atoms with Crippen LogP contribution in [0.1, 0.15) is 61.3 Å². The summed E-state index contributed by atoms with van der Waals surface area (Å²) in [7, 11) is -1.61. The van der Waals surface area contributed by atoms with Crippen molar-refractivity contribution in [2.45, 2.75) is 91.6 Å². The highest BCUT2D eigenvalue weighted by molar-refractivity contribution is 6.73. The van der Waals surface area contributed by atoms with Gasteiger partial charge in [-0.05, 0) is 56.0 Å². The van der Waals surface area contributed by atoms with E-state index >= 15 is 0 Å². The Morgan fingerprint density at radius 3 is 2.04 bits per heavy atom. The first-order valence-corrected chi connectivity index (χ1v) is 12.9. The maximum absolute atomic E-state index is 6.71. The minimum atomic E-state index is -1.61. The van der Waals surface area contributed by atoms with Crippen LogP contribution < -0.4 is 0 Å². The highest BCUT2D eigenvalue weighted by atomic mass is 28.4. The average molecular weight is 391 g/mol. The third kappa shape index (κ3) is 8.51. The maximum atomic E-state index is 6.71. The van der Waals surface area contributed by atoms with Gasteiger partial charge in [0.05, 0.1) is 6.10 Å². The molecule has 0 rings (SSSR count). The minimum Gasteiger partial charge on any atom is -0.485 e. The molecule has 0 saturated heterocycles. The van der Waals surface area contributed by atoms with Crippen molar-refractivity contribution in [3.8, 4) is 0 Å². The van der Waals surface area contributed by atoms with E-state index < -0.39 is 8.32 Å². The van der Waals surface area contributed by atoms with E-state index in [1.807, 2.05) is 6.92 Å². The zero-order valence-corrected chi connectivity index (χ0v) is 19.9. The molecule has 0 aliphatic rings. The van der Waals surface area contributed by atoms with Gasteiger partial charge in [-0.3, -0.25) is 0 Å². The van der Waals surface area contributed by atoms with E-state index in [-0.39, 0.29) is 18.1 Å². The predicted molar refractivity (Wildman–Crippen MR) is 122 cm³/mol. The van der Waals surface area contributed by atoms with Crippen LogP contribution in [0.4, 0.5) is 0 Å². The third-order valence-electron chi connectivity index (χ3n) is 5.52. The fourth-order valence-corrected chi connectivity index (χ4v) is 6.61. The molecule has 154 valence electrons. The first-order valence-electron chi connectivity index (χ1n) is 10.4. The number of ether oxygens (including phenoxy) is 1. The van der Waals surface area contributed by atoms with Crippen molar-refractivity contribution < 1.29 is 9.16 Å². The average Bonchev–Trinajstić information content (AvgIpc) is 2.63. The minimum absolute atomic E-state index is 0.0525. The number of hydrogen-bond donors (Lipinski definition) is 0. The van der Waals surface area contributed by atoms with Gasteiger partial charge >= 0.3 is 0 Å². The van der Waals surface area contributed by atoms with Gasteiger partial charge in [0.15, 0.2) is 8.32 Å². The van der Waals surface area contributed by atoms with Gasteiger partial charge in [0.2, 0.25) is 0 Å². The lowest BCUT2D eigenvalue weighted by molar-refractivity contribution is 0.125. The van der Waals surface area contributed by atoms with Crippen LogP contribution in [-0.4, -0.2) is 20.5 Å². The summed E-state index contributed by atoms with van der Waals surface area (Å²) in [5.41, 5.74) is 6.06. The van der Waals surface area contributed by atoms with Crippen LogP contribution in [0.3, 0.4) is 0 Å². The Labute approximate surface area is 169 Å². The van der Waals surface area contributed by atoms with Gasteiger partial charge in [0.1, 0.15) is 12.4 Å². The molecule has 0 aromatic heterocycles. The summed E-state index contributed by atoms with van der Waals surface area (Å²) < 4.78 is 12.4. The zero-order chi connectivity index (χ0) is 21.0. The fourth-order valence-electron chi connectivity index (χ4n) is 3.65. The zero-order valence-electron chi connectivity index (χ0n) is 18.9. The van der Waals surface area contributed by atoms with Crippen LogP contribution >= 0.6 is 0 Å². The van der Waals surface area contributed by atoms with Gasteiger partial charge in [0.25, 0.3) is 0 Å². The SMILES string of the molecule is C=C=COC(C(=C)C)[C@@H](C)CC(=C)/C=C(\C)[C@H](CC)O[Si](CC)(CC)CC. The van der Waals surface area contributed by atoms with Crippen LogP contribution in [-0.2, 0) is 9.16 Å². The van der Waals surface area contributed by atoms with E-state index in [2.05, 4.69) is 73.1 Å². The van der Waals surface area contributed by atoms with Gasteiger partial charge < -0.3 is 9.16 Å². The summed E-state index contributed by atoms with van der Waals surface area (Å²) in [6.45, 7) is 27.3. The van der Waals surface area contributed by atoms with E-state index in [1.54, 1.807) is 0 Å². The molecular formula is C24H42O2Si. The van der Waals surface area contributed by atoms with E-state index in [1.165, 1.54) is 30.0 Å². The predicted octanol–water partition coefficient (Wildman–Crippen LogP) is 7.58. The van der Waals surface area contributed by atoms with Gasteiger partial charge in [-0.25, -0.2) is 0 Å². The van der Waals surface area contributed by atoms with Crippen LogP contribution in [0, 0.1) is 5.92 Å². The molecule has 0 aromatic rings. The largest absolute Gasteiger partial charge is 0.485 e. The van der Waals surface area contributed by atoms with Crippen molar-refractivity contribution in [2.75, 3.05) is 0 Å². The number of hydrogen-bond acceptors (Lipinski definition) is 2. The summed E-state index contributed by atoms with van der Waals surface area (Å²) >= 11 is 0. The Hall–Kier alpha value is -1.28. The van der Waals surface area contributed by atoms with Crippen molar-refractivity contribution in [2.24, 2.45) is 5.92 Å². The van der Waals surface area contributed by atoms with Crippen LogP contribution in [0.2, 0.25) is 18.1 Å². The van der Waals surface area contributed by atoms with Gasteiger partial charge in [0, 0.05) is 5.92 Å². The molecule has 0 heterocycles. The second kappa shape index (κ2) is 13.0. The van der Waals surface area contributed by atoms with Crippen molar-refractivity contribution in [3.05, 3.63) is 54.5 Å². The maximum Gasteiger partial charge on any atom is 0.192 e. The molecule has 3 heteroatoms.